The zero-order valence-corrected chi connectivity index (χ0v) is 8.72. The Hall–Kier alpha value is -0.730. The number of halogens is 1. The molecule has 0 spiro atoms. The summed E-state index contributed by atoms with van der Waals surface area (Å²) in [5.41, 5.74) is 6.93. The maximum absolute atomic E-state index is 9.24. The first-order valence-electron chi connectivity index (χ1n) is 4.87. The van der Waals surface area contributed by atoms with Crippen molar-refractivity contribution in [1.82, 2.24) is 0 Å². The van der Waals surface area contributed by atoms with Gasteiger partial charge in [0.1, 0.15) is 5.75 Å². The molecule has 1 fully saturated rings. The van der Waals surface area contributed by atoms with Gasteiger partial charge in [0, 0.05) is 5.02 Å². The van der Waals surface area contributed by atoms with E-state index in [1.165, 1.54) is 0 Å². The van der Waals surface area contributed by atoms with Gasteiger partial charge in [-0.15, -0.1) is 0 Å². The van der Waals surface area contributed by atoms with Crippen LogP contribution in [-0.4, -0.2) is 11.7 Å². The normalized spacial score (nSPS) is 18.1. The van der Waals surface area contributed by atoms with Gasteiger partial charge >= 0.3 is 0 Å². The highest BCUT2D eigenvalue weighted by Crippen LogP contribution is 2.53. The largest absolute Gasteiger partial charge is 0.508 e. The fourth-order valence-electron chi connectivity index (χ4n) is 2.02. The Morgan fingerprint density at radius 3 is 2.64 bits per heavy atom. The van der Waals surface area contributed by atoms with Crippen molar-refractivity contribution < 1.29 is 5.11 Å². The number of hydrogen-bond donors (Lipinski definition) is 2. The van der Waals surface area contributed by atoms with E-state index in [1.54, 1.807) is 12.1 Å². The molecule has 76 valence electrons. The first kappa shape index (κ1) is 9.81. The smallest absolute Gasteiger partial charge is 0.117 e. The van der Waals surface area contributed by atoms with E-state index in [-0.39, 0.29) is 11.2 Å². The fraction of sp³-hybridized carbons (Fsp3) is 0.455. The minimum atomic E-state index is 0.208. The van der Waals surface area contributed by atoms with Crippen LogP contribution >= 0.6 is 11.6 Å². The van der Waals surface area contributed by atoms with Crippen LogP contribution in [0.15, 0.2) is 18.2 Å². The van der Waals surface area contributed by atoms with Gasteiger partial charge in [0.2, 0.25) is 0 Å². The first-order valence-corrected chi connectivity index (χ1v) is 5.25. The highest BCUT2D eigenvalue weighted by molar-refractivity contribution is 6.31. The lowest BCUT2D eigenvalue weighted by Crippen LogP contribution is -2.13. The molecule has 0 radical (unpaired) electrons. The second-order valence-electron chi connectivity index (χ2n) is 3.98. The van der Waals surface area contributed by atoms with Crippen molar-refractivity contribution in [3.05, 3.63) is 28.8 Å². The van der Waals surface area contributed by atoms with Crippen molar-refractivity contribution in [2.24, 2.45) is 5.73 Å². The molecule has 0 bridgehead atoms. The fourth-order valence-corrected chi connectivity index (χ4v) is 2.39. The molecule has 0 amide bonds. The molecule has 0 aromatic heterocycles. The highest BCUT2D eigenvalue weighted by Gasteiger charge is 2.44. The number of phenols is 1. The molecule has 1 aliphatic rings. The van der Waals surface area contributed by atoms with Gasteiger partial charge in [-0.25, -0.2) is 0 Å². The molecule has 1 aliphatic carbocycles. The third-order valence-electron chi connectivity index (χ3n) is 3.00. The van der Waals surface area contributed by atoms with Crippen LogP contribution in [0.4, 0.5) is 0 Å². The van der Waals surface area contributed by atoms with Crippen LogP contribution in [0, 0.1) is 0 Å². The lowest BCUT2D eigenvalue weighted by Gasteiger charge is -2.16. The predicted molar refractivity (Wildman–Crippen MR) is 57.7 cm³/mol. The third-order valence-corrected chi connectivity index (χ3v) is 3.31. The molecule has 0 unspecified atom stereocenters. The minimum Gasteiger partial charge on any atom is -0.508 e. The van der Waals surface area contributed by atoms with E-state index in [4.69, 9.17) is 17.3 Å². The van der Waals surface area contributed by atoms with Gasteiger partial charge in [-0.05, 0) is 48.9 Å². The Morgan fingerprint density at radius 1 is 1.43 bits per heavy atom. The van der Waals surface area contributed by atoms with Crippen LogP contribution in [0.25, 0.3) is 0 Å². The molecule has 2 rings (SSSR count). The van der Waals surface area contributed by atoms with Crippen LogP contribution < -0.4 is 5.73 Å². The number of nitrogens with two attached hydrogens (primary N) is 1. The highest BCUT2D eigenvalue weighted by atomic mass is 35.5. The van der Waals surface area contributed by atoms with Gasteiger partial charge in [0.25, 0.3) is 0 Å². The summed E-state index contributed by atoms with van der Waals surface area (Å²) in [5.74, 6) is 0.224. The molecular weight excluding hydrogens is 198 g/mol. The summed E-state index contributed by atoms with van der Waals surface area (Å²) in [6, 6.07) is 5.21. The van der Waals surface area contributed by atoms with E-state index in [0.717, 1.165) is 24.8 Å². The molecule has 1 aromatic carbocycles. The number of rotatable bonds is 3. The monoisotopic (exact) mass is 211 g/mol. The topological polar surface area (TPSA) is 46.2 Å². The van der Waals surface area contributed by atoms with Gasteiger partial charge in [-0.3, -0.25) is 0 Å². The van der Waals surface area contributed by atoms with Crippen molar-refractivity contribution in [3.63, 3.8) is 0 Å². The molecule has 3 N–H and O–H groups in total. The van der Waals surface area contributed by atoms with Crippen LogP contribution in [0.1, 0.15) is 24.8 Å². The molecule has 2 nitrogen and oxygen atoms in total. The van der Waals surface area contributed by atoms with Gasteiger partial charge < -0.3 is 10.8 Å². The Labute approximate surface area is 88.7 Å². The summed E-state index contributed by atoms with van der Waals surface area (Å²) in [6.07, 6.45) is 3.31. The van der Waals surface area contributed by atoms with E-state index in [2.05, 4.69) is 0 Å². The standard InChI is InChI=1S/C11H14ClNO/c12-10-7-8(14)1-2-9(10)11(3-4-11)5-6-13/h1-2,7,14H,3-6,13H2. The zero-order valence-electron chi connectivity index (χ0n) is 7.96. The summed E-state index contributed by atoms with van der Waals surface area (Å²) >= 11 is 6.09. The van der Waals surface area contributed by atoms with Crippen LogP contribution in [-0.2, 0) is 5.41 Å². The Bertz CT molecular complexity index is 347. The van der Waals surface area contributed by atoms with E-state index in [9.17, 15) is 5.11 Å². The summed E-state index contributed by atoms with van der Waals surface area (Å²) in [7, 11) is 0. The van der Waals surface area contributed by atoms with Gasteiger partial charge in [0.15, 0.2) is 0 Å². The van der Waals surface area contributed by atoms with Crippen molar-refractivity contribution in [3.8, 4) is 5.75 Å². The average molecular weight is 212 g/mol. The second-order valence-corrected chi connectivity index (χ2v) is 4.39. The van der Waals surface area contributed by atoms with Gasteiger partial charge in [-0.1, -0.05) is 17.7 Å². The third kappa shape index (κ3) is 1.60. The lowest BCUT2D eigenvalue weighted by atomic mass is 9.92. The van der Waals surface area contributed by atoms with Gasteiger partial charge in [-0.2, -0.15) is 0 Å². The van der Waals surface area contributed by atoms with Crippen LogP contribution in [0.2, 0.25) is 5.02 Å². The van der Waals surface area contributed by atoms with Gasteiger partial charge in [0.05, 0.1) is 0 Å². The predicted octanol–water partition coefficient (Wildman–Crippen LogP) is 2.43. The van der Waals surface area contributed by atoms with E-state index >= 15 is 0 Å². The summed E-state index contributed by atoms with van der Waals surface area (Å²) < 4.78 is 0. The molecule has 1 saturated carbocycles. The second kappa shape index (κ2) is 3.44. The van der Waals surface area contributed by atoms with Crippen molar-refractivity contribution >= 4 is 11.6 Å². The van der Waals surface area contributed by atoms with Crippen molar-refractivity contribution in [1.29, 1.82) is 0 Å². The quantitative estimate of drug-likeness (QED) is 0.807. The Balaban J connectivity index is 2.32. The zero-order chi connectivity index (χ0) is 10.2. The summed E-state index contributed by atoms with van der Waals surface area (Å²) in [6.45, 7) is 0.692. The van der Waals surface area contributed by atoms with Crippen molar-refractivity contribution in [2.75, 3.05) is 6.54 Å². The maximum atomic E-state index is 9.24. The van der Waals surface area contributed by atoms with E-state index < -0.39 is 0 Å². The lowest BCUT2D eigenvalue weighted by molar-refractivity contribution is 0.474. The minimum absolute atomic E-state index is 0.208. The molecule has 3 heteroatoms. The van der Waals surface area contributed by atoms with E-state index in [0.29, 0.717) is 11.6 Å². The van der Waals surface area contributed by atoms with Crippen LogP contribution in [0.3, 0.4) is 0 Å². The Morgan fingerprint density at radius 2 is 2.14 bits per heavy atom. The Kier molecular flexibility index (Phi) is 2.41. The maximum Gasteiger partial charge on any atom is 0.117 e. The molecule has 0 saturated heterocycles. The SMILES string of the molecule is NCCC1(c2ccc(O)cc2Cl)CC1. The molecular formula is C11H14ClNO. The van der Waals surface area contributed by atoms with Crippen LogP contribution in [0.5, 0.6) is 5.75 Å². The number of benzene rings is 1. The molecule has 0 heterocycles. The van der Waals surface area contributed by atoms with Crippen molar-refractivity contribution in [2.45, 2.75) is 24.7 Å². The average Bonchev–Trinajstić information content (AvgIpc) is 2.86. The summed E-state index contributed by atoms with van der Waals surface area (Å²) in [5, 5.41) is 9.91. The molecule has 0 aliphatic heterocycles. The number of hydrogen-bond acceptors (Lipinski definition) is 2. The molecule has 1 aromatic rings. The number of phenolic OH excluding ortho intramolecular Hbond substituents is 1. The molecule has 0 atom stereocenters. The summed E-state index contributed by atoms with van der Waals surface area (Å²) in [4.78, 5) is 0. The number of aromatic hydroxyl groups is 1. The van der Waals surface area contributed by atoms with E-state index in [1.807, 2.05) is 6.07 Å². The first-order chi connectivity index (χ1) is 6.68. The molecule has 14 heavy (non-hydrogen) atoms.